The van der Waals surface area contributed by atoms with E-state index in [1.165, 1.54) is 0 Å². The summed E-state index contributed by atoms with van der Waals surface area (Å²) in [5, 5.41) is 0.666. The van der Waals surface area contributed by atoms with E-state index in [2.05, 4.69) is 9.88 Å². The Bertz CT molecular complexity index is 738. The molecule has 1 aromatic heterocycles. The minimum Gasteiger partial charge on any atom is -0.490 e. The van der Waals surface area contributed by atoms with Crippen molar-refractivity contribution < 1.29 is 9.53 Å². The minimum absolute atomic E-state index is 0.171. The molecular weight excluding hydrogens is 336 g/mol. The predicted molar refractivity (Wildman–Crippen MR) is 96.7 cm³/mol. The van der Waals surface area contributed by atoms with E-state index in [1.807, 2.05) is 36.4 Å². The van der Waals surface area contributed by atoms with Crippen LogP contribution >= 0.6 is 11.6 Å². The van der Waals surface area contributed by atoms with Gasteiger partial charge >= 0.3 is 0 Å². The van der Waals surface area contributed by atoms with Crippen LogP contribution in [-0.2, 0) is 11.2 Å². The monoisotopic (exact) mass is 356 g/mol. The molecule has 2 atom stereocenters. The molecule has 2 aromatic rings. The Kier molecular flexibility index (Phi) is 4.62. The average Bonchev–Trinajstić information content (AvgIpc) is 2.89. The van der Waals surface area contributed by atoms with Gasteiger partial charge in [-0.2, -0.15) is 0 Å². The molecule has 0 radical (unpaired) electrons. The predicted octanol–water partition coefficient (Wildman–Crippen LogP) is 3.88. The van der Waals surface area contributed by atoms with Crippen molar-refractivity contribution in [3.05, 3.63) is 59.4 Å². The van der Waals surface area contributed by atoms with Gasteiger partial charge in [0.1, 0.15) is 11.9 Å². The number of amides is 1. The second-order valence-electron chi connectivity index (χ2n) is 6.85. The SMILES string of the molecule is O=C(Cc1ccccc1Cl)N1C2CCC1CC(Oc1ccncc1)C2. The molecule has 2 fully saturated rings. The maximum absolute atomic E-state index is 12.9. The summed E-state index contributed by atoms with van der Waals surface area (Å²) in [5.41, 5.74) is 0.906. The van der Waals surface area contributed by atoms with Crippen LogP contribution in [0.4, 0.5) is 0 Å². The molecule has 2 saturated heterocycles. The van der Waals surface area contributed by atoms with Crippen molar-refractivity contribution in [1.82, 2.24) is 9.88 Å². The van der Waals surface area contributed by atoms with Crippen molar-refractivity contribution in [2.75, 3.05) is 0 Å². The molecule has 0 spiro atoms. The lowest BCUT2D eigenvalue weighted by Gasteiger charge is -2.39. The third-order valence-corrected chi connectivity index (χ3v) is 5.60. The van der Waals surface area contributed by atoms with E-state index in [-0.39, 0.29) is 24.1 Å². The first-order valence-corrected chi connectivity index (χ1v) is 9.20. The number of rotatable bonds is 4. The standard InChI is InChI=1S/C20H21ClN2O2/c21-19-4-2-1-3-14(19)11-20(24)23-15-5-6-16(23)13-18(12-15)25-17-7-9-22-10-8-17/h1-4,7-10,15-16,18H,5-6,11-13H2. The molecular formula is C20H21ClN2O2. The van der Waals surface area contributed by atoms with Crippen LogP contribution in [0.5, 0.6) is 5.75 Å². The Morgan fingerprint density at radius 1 is 1.12 bits per heavy atom. The molecule has 2 bridgehead atoms. The molecule has 1 amide bonds. The van der Waals surface area contributed by atoms with E-state index >= 15 is 0 Å². The number of benzene rings is 1. The van der Waals surface area contributed by atoms with Crippen molar-refractivity contribution in [3.63, 3.8) is 0 Å². The number of carbonyl (C=O) groups is 1. The van der Waals surface area contributed by atoms with Gasteiger partial charge in [-0.05, 0) is 36.6 Å². The maximum Gasteiger partial charge on any atom is 0.227 e. The van der Waals surface area contributed by atoms with Gasteiger partial charge in [0.2, 0.25) is 5.91 Å². The van der Waals surface area contributed by atoms with Gasteiger partial charge in [0.05, 0.1) is 6.42 Å². The summed E-state index contributed by atoms with van der Waals surface area (Å²) >= 11 is 6.21. The number of ether oxygens (including phenoxy) is 1. The molecule has 0 aliphatic carbocycles. The zero-order valence-electron chi connectivity index (χ0n) is 14.0. The summed E-state index contributed by atoms with van der Waals surface area (Å²) in [6, 6.07) is 11.9. The van der Waals surface area contributed by atoms with Gasteiger partial charge in [0, 0.05) is 42.3 Å². The Morgan fingerprint density at radius 2 is 1.80 bits per heavy atom. The Hall–Kier alpha value is -2.07. The molecule has 4 nitrogen and oxygen atoms in total. The smallest absolute Gasteiger partial charge is 0.227 e. The van der Waals surface area contributed by atoms with Crippen LogP contribution in [0, 0.1) is 0 Å². The highest BCUT2D eigenvalue weighted by Gasteiger charge is 2.43. The second kappa shape index (κ2) is 7.04. The van der Waals surface area contributed by atoms with Crippen molar-refractivity contribution in [2.45, 2.75) is 50.3 Å². The van der Waals surface area contributed by atoms with Crippen molar-refractivity contribution >= 4 is 17.5 Å². The van der Waals surface area contributed by atoms with Crippen LogP contribution < -0.4 is 4.74 Å². The fourth-order valence-corrected chi connectivity index (χ4v) is 4.34. The molecule has 2 unspecified atom stereocenters. The topological polar surface area (TPSA) is 42.4 Å². The van der Waals surface area contributed by atoms with Gasteiger partial charge in [-0.25, -0.2) is 0 Å². The molecule has 0 saturated carbocycles. The highest BCUT2D eigenvalue weighted by molar-refractivity contribution is 6.31. The first-order chi connectivity index (χ1) is 12.2. The lowest BCUT2D eigenvalue weighted by molar-refractivity contribution is -0.136. The Morgan fingerprint density at radius 3 is 2.48 bits per heavy atom. The fraction of sp³-hybridized carbons (Fsp3) is 0.400. The van der Waals surface area contributed by atoms with Crippen LogP contribution in [0.15, 0.2) is 48.8 Å². The normalized spacial score (nSPS) is 25.0. The zero-order valence-corrected chi connectivity index (χ0v) is 14.7. The number of fused-ring (bicyclic) bond motifs is 2. The largest absolute Gasteiger partial charge is 0.490 e. The van der Waals surface area contributed by atoms with E-state index in [1.54, 1.807) is 12.4 Å². The summed E-state index contributed by atoms with van der Waals surface area (Å²) in [7, 11) is 0. The quantitative estimate of drug-likeness (QED) is 0.835. The molecule has 3 heterocycles. The summed E-state index contributed by atoms with van der Waals surface area (Å²) in [6.07, 6.45) is 7.95. The highest BCUT2D eigenvalue weighted by atomic mass is 35.5. The van der Waals surface area contributed by atoms with E-state index in [9.17, 15) is 4.79 Å². The first kappa shape index (κ1) is 16.4. The molecule has 1 aromatic carbocycles. The molecule has 2 aliphatic heterocycles. The maximum atomic E-state index is 12.9. The summed E-state index contributed by atoms with van der Waals surface area (Å²) in [4.78, 5) is 19.0. The minimum atomic E-state index is 0.171. The van der Waals surface area contributed by atoms with Gasteiger partial charge in [0.15, 0.2) is 0 Å². The van der Waals surface area contributed by atoms with E-state index < -0.39 is 0 Å². The summed E-state index contributed by atoms with van der Waals surface area (Å²) in [5.74, 6) is 1.04. The number of nitrogens with zero attached hydrogens (tertiary/aromatic N) is 2. The van der Waals surface area contributed by atoms with Crippen LogP contribution in [-0.4, -0.2) is 34.0 Å². The number of pyridine rings is 1. The molecule has 5 heteroatoms. The molecule has 2 aliphatic rings. The number of carbonyl (C=O) groups excluding carboxylic acids is 1. The third kappa shape index (κ3) is 3.49. The van der Waals surface area contributed by atoms with Crippen LogP contribution in [0.1, 0.15) is 31.2 Å². The van der Waals surface area contributed by atoms with E-state index in [0.29, 0.717) is 11.4 Å². The number of hydrogen-bond acceptors (Lipinski definition) is 3. The van der Waals surface area contributed by atoms with Crippen molar-refractivity contribution in [2.24, 2.45) is 0 Å². The number of aromatic nitrogens is 1. The fourth-order valence-electron chi connectivity index (χ4n) is 4.14. The van der Waals surface area contributed by atoms with Gasteiger partial charge in [0.25, 0.3) is 0 Å². The Balaban J connectivity index is 1.42. The number of piperidine rings is 1. The summed E-state index contributed by atoms with van der Waals surface area (Å²) in [6.45, 7) is 0. The average molecular weight is 357 g/mol. The van der Waals surface area contributed by atoms with Gasteiger partial charge < -0.3 is 9.64 Å². The Labute approximate surface area is 152 Å². The van der Waals surface area contributed by atoms with E-state index in [4.69, 9.17) is 16.3 Å². The molecule has 4 rings (SSSR count). The van der Waals surface area contributed by atoms with Gasteiger partial charge in [-0.15, -0.1) is 0 Å². The third-order valence-electron chi connectivity index (χ3n) is 5.23. The second-order valence-corrected chi connectivity index (χ2v) is 7.26. The molecule has 25 heavy (non-hydrogen) atoms. The van der Waals surface area contributed by atoms with Crippen LogP contribution in [0.3, 0.4) is 0 Å². The van der Waals surface area contributed by atoms with Gasteiger partial charge in [-0.1, -0.05) is 29.8 Å². The lowest BCUT2D eigenvalue weighted by Crippen LogP contribution is -2.49. The van der Waals surface area contributed by atoms with Crippen molar-refractivity contribution in [3.8, 4) is 5.75 Å². The number of halogens is 1. The molecule has 130 valence electrons. The van der Waals surface area contributed by atoms with Crippen LogP contribution in [0.2, 0.25) is 5.02 Å². The zero-order chi connectivity index (χ0) is 17.2. The summed E-state index contributed by atoms with van der Waals surface area (Å²) < 4.78 is 6.10. The van der Waals surface area contributed by atoms with Gasteiger partial charge in [-0.3, -0.25) is 9.78 Å². The first-order valence-electron chi connectivity index (χ1n) is 8.82. The molecule has 0 N–H and O–H groups in total. The number of hydrogen-bond donors (Lipinski definition) is 0. The highest BCUT2D eigenvalue weighted by Crippen LogP contribution is 2.37. The van der Waals surface area contributed by atoms with E-state index in [0.717, 1.165) is 37.0 Å². The van der Waals surface area contributed by atoms with Crippen molar-refractivity contribution in [1.29, 1.82) is 0 Å². The lowest BCUT2D eigenvalue weighted by atomic mass is 9.98. The van der Waals surface area contributed by atoms with Crippen LogP contribution in [0.25, 0.3) is 0 Å².